The molecule has 0 saturated heterocycles. The van der Waals surface area contributed by atoms with Crippen molar-refractivity contribution in [2.24, 2.45) is 0 Å². The molecule has 1 unspecified atom stereocenters. The Labute approximate surface area is 204 Å². The molecule has 1 aromatic heterocycles. The normalized spacial score (nSPS) is 14.9. The summed E-state index contributed by atoms with van der Waals surface area (Å²) in [6, 6.07) is 12.7. The summed E-state index contributed by atoms with van der Waals surface area (Å²) in [7, 11) is -1.67. The lowest BCUT2D eigenvalue weighted by Crippen LogP contribution is -2.25. The van der Waals surface area contributed by atoms with E-state index in [1.54, 1.807) is 37.4 Å². The van der Waals surface area contributed by atoms with Gasteiger partial charge in [-0.15, -0.1) is 6.42 Å². The molecule has 5 nitrogen and oxygen atoms in total. The van der Waals surface area contributed by atoms with Gasteiger partial charge in [0.25, 0.3) is 0 Å². The highest BCUT2D eigenvalue weighted by Crippen LogP contribution is 2.47. The van der Waals surface area contributed by atoms with Gasteiger partial charge < -0.3 is 4.74 Å². The number of hydrogen-bond donors (Lipinski definition) is 0. The van der Waals surface area contributed by atoms with Crippen LogP contribution in [0.1, 0.15) is 36.8 Å². The molecule has 1 aliphatic carbocycles. The molecule has 0 spiro atoms. The maximum absolute atomic E-state index is 13.2. The number of halogens is 1. The third-order valence-electron chi connectivity index (χ3n) is 5.96. The summed E-state index contributed by atoms with van der Waals surface area (Å²) < 4.78 is 33.5. The second kappa shape index (κ2) is 9.84. The zero-order valence-electron chi connectivity index (χ0n) is 18.8. The van der Waals surface area contributed by atoms with Crippen LogP contribution in [0.15, 0.2) is 58.0 Å². The summed E-state index contributed by atoms with van der Waals surface area (Å²) in [5.74, 6) is 3.63. The number of rotatable bonds is 9. The first-order chi connectivity index (χ1) is 15.8. The van der Waals surface area contributed by atoms with E-state index >= 15 is 0 Å². The highest BCUT2D eigenvalue weighted by atomic mass is 79.9. The number of terminal acetylenes is 1. The Balaban J connectivity index is 1.72. The van der Waals surface area contributed by atoms with Crippen molar-refractivity contribution < 1.29 is 13.2 Å². The molecule has 33 heavy (non-hydrogen) atoms. The second-order valence-corrected chi connectivity index (χ2v) is 11.6. The van der Waals surface area contributed by atoms with Gasteiger partial charge in [-0.2, -0.15) is 0 Å². The molecule has 7 heteroatoms. The van der Waals surface area contributed by atoms with Crippen molar-refractivity contribution in [3.63, 3.8) is 0 Å². The summed E-state index contributed by atoms with van der Waals surface area (Å²) in [6.45, 7) is 3.01. The third kappa shape index (κ3) is 5.24. The molecular formula is C26H27BrN2O3S. The van der Waals surface area contributed by atoms with Crippen LogP contribution in [0, 0.1) is 12.3 Å². The van der Waals surface area contributed by atoms with Gasteiger partial charge in [-0.3, -0.25) is 9.88 Å². The number of sulfone groups is 1. The zero-order valence-corrected chi connectivity index (χ0v) is 21.2. The number of hydrogen-bond acceptors (Lipinski definition) is 5. The number of ether oxygens (including phenoxy) is 1. The lowest BCUT2D eigenvalue weighted by Gasteiger charge is -2.21. The SMILES string of the molecule is C#CCN(C)CCc1cc(C2CC2)c(OC(C)S(=O)(=O)c2ccc(Br)cc2)c2ncccc12. The van der Waals surface area contributed by atoms with Gasteiger partial charge in [0, 0.05) is 22.6 Å². The molecule has 0 bridgehead atoms. The maximum Gasteiger partial charge on any atom is 0.215 e. The molecule has 1 heterocycles. The van der Waals surface area contributed by atoms with Gasteiger partial charge in [-0.1, -0.05) is 34.0 Å². The van der Waals surface area contributed by atoms with Gasteiger partial charge in [-0.25, -0.2) is 8.42 Å². The fraction of sp³-hybridized carbons (Fsp3) is 0.346. The molecule has 1 aliphatic rings. The van der Waals surface area contributed by atoms with Crippen molar-refractivity contribution in [3.05, 3.63) is 64.3 Å². The Kier molecular flexibility index (Phi) is 7.08. The van der Waals surface area contributed by atoms with Gasteiger partial charge in [0.2, 0.25) is 15.3 Å². The van der Waals surface area contributed by atoms with Gasteiger partial charge in [0.15, 0.2) is 5.75 Å². The molecule has 1 atom stereocenters. The first kappa shape index (κ1) is 23.7. The Morgan fingerprint density at radius 2 is 2.00 bits per heavy atom. The van der Waals surface area contributed by atoms with E-state index in [1.165, 1.54) is 5.56 Å². The van der Waals surface area contributed by atoms with E-state index < -0.39 is 15.3 Å². The molecule has 1 fully saturated rings. The minimum Gasteiger partial charge on any atom is -0.472 e. The number of likely N-dealkylation sites (N-methyl/N-ethyl adjacent to an activating group) is 1. The van der Waals surface area contributed by atoms with Crippen LogP contribution in [0.5, 0.6) is 5.75 Å². The molecule has 1 saturated carbocycles. The van der Waals surface area contributed by atoms with Gasteiger partial charge in [0.05, 0.1) is 11.4 Å². The number of benzene rings is 2. The summed E-state index contributed by atoms with van der Waals surface area (Å²) in [5, 5.41) is 0.985. The van der Waals surface area contributed by atoms with Crippen molar-refractivity contribution in [2.45, 2.75) is 42.4 Å². The quantitative estimate of drug-likeness (QED) is 0.359. The van der Waals surface area contributed by atoms with Crippen LogP contribution < -0.4 is 4.74 Å². The Bertz CT molecular complexity index is 1300. The standard InChI is InChI=1S/C26H27BrN2O3S/c1-4-15-29(3)16-13-20-17-24(19-7-8-19)26(25-23(20)6-5-14-28-25)32-18(2)33(30,31)22-11-9-21(27)10-12-22/h1,5-6,9-12,14,17-19H,7-8,13,15-16H2,2-3H3. The van der Waals surface area contributed by atoms with Crippen molar-refractivity contribution in [3.8, 4) is 18.1 Å². The second-order valence-electron chi connectivity index (χ2n) is 8.50. The maximum atomic E-state index is 13.2. The topological polar surface area (TPSA) is 59.5 Å². The molecular weight excluding hydrogens is 500 g/mol. The Morgan fingerprint density at radius 3 is 2.67 bits per heavy atom. The fourth-order valence-corrected chi connectivity index (χ4v) is 5.32. The lowest BCUT2D eigenvalue weighted by molar-refractivity contribution is 0.292. The highest BCUT2D eigenvalue weighted by Gasteiger charge is 2.32. The molecule has 172 valence electrons. The smallest absolute Gasteiger partial charge is 0.215 e. The molecule has 0 aliphatic heterocycles. The van der Waals surface area contributed by atoms with Crippen LogP contribution in [-0.2, 0) is 16.3 Å². The molecule has 2 aromatic carbocycles. The highest BCUT2D eigenvalue weighted by molar-refractivity contribution is 9.10. The minimum atomic E-state index is -3.68. The van der Waals surface area contributed by atoms with Crippen molar-refractivity contribution in [1.82, 2.24) is 9.88 Å². The van der Waals surface area contributed by atoms with Crippen LogP contribution >= 0.6 is 15.9 Å². The first-order valence-corrected chi connectivity index (χ1v) is 13.3. The third-order valence-corrected chi connectivity index (χ3v) is 8.39. The predicted octanol–water partition coefficient (Wildman–Crippen LogP) is 5.18. The molecule has 0 radical (unpaired) electrons. The fourth-order valence-electron chi connectivity index (χ4n) is 3.93. The summed E-state index contributed by atoms with van der Waals surface area (Å²) >= 11 is 3.35. The zero-order chi connectivity index (χ0) is 23.6. The van der Waals surface area contributed by atoms with Crippen molar-refractivity contribution in [1.29, 1.82) is 0 Å². The minimum absolute atomic E-state index is 0.233. The van der Waals surface area contributed by atoms with Crippen LogP contribution in [-0.4, -0.2) is 43.9 Å². The average molecular weight is 527 g/mol. The van der Waals surface area contributed by atoms with E-state index in [1.807, 2.05) is 19.2 Å². The summed E-state index contributed by atoms with van der Waals surface area (Å²) in [6.07, 6.45) is 10.1. The predicted molar refractivity (Wildman–Crippen MR) is 135 cm³/mol. The van der Waals surface area contributed by atoms with Crippen LogP contribution in [0.4, 0.5) is 0 Å². The molecule has 4 rings (SSSR count). The van der Waals surface area contributed by atoms with Gasteiger partial charge in [0.1, 0.15) is 5.52 Å². The Morgan fingerprint density at radius 1 is 1.27 bits per heavy atom. The summed E-state index contributed by atoms with van der Waals surface area (Å²) in [5.41, 5.74) is 1.90. The monoisotopic (exact) mass is 526 g/mol. The van der Waals surface area contributed by atoms with E-state index in [0.717, 1.165) is 41.2 Å². The largest absolute Gasteiger partial charge is 0.472 e. The van der Waals surface area contributed by atoms with E-state index in [-0.39, 0.29) is 4.90 Å². The van der Waals surface area contributed by atoms with E-state index in [4.69, 9.17) is 11.2 Å². The number of fused-ring (bicyclic) bond motifs is 1. The van der Waals surface area contributed by atoms with Gasteiger partial charge in [-0.05, 0) is 80.6 Å². The first-order valence-electron chi connectivity index (χ1n) is 11.0. The van der Waals surface area contributed by atoms with Crippen LogP contribution in [0.3, 0.4) is 0 Å². The Hall–Kier alpha value is -2.40. The average Bonchev–Trinajstić information content (AvgIpc) is 3.64. The molecule has 3 aromatic rings. The molecule has 0 amide bonds. The van der Waals surface area contributed by atoms with Gasteiger partial charge >= 0.3 is 0 Å². The van der Waals surface area contributed by atoms with Crippen LogP contribution in [0.2, 0.25) is 0 Å². The van der Waals surface area contributed by atoms with E-state index in [0.29, 0.717) is 23.7 Å². The summed E-state index contributed by atoms with van der Waals surface area (Å²) in [4.78, 5) is 6.96. The molecule has 0 N–H and O–H groups in total. The van der Waals surface area contributed by atoms with E-state index in [2.05, 4.69) is 37.8 Å². The number of pyridine rings is 1. The van der Waals surface area contributed by atoms with E-state index in [9.17, 15) is 8.42 Å². The van der Waals surface area contributed by atoms with Crippen molar-refractivity contribution in [2.75, 3.05) is 20.1 Å². The lowest BCUT2D eigenvalue weighted by atomic mass is 9.98. The van der Waals surface area contributed by atoms with Crippen LogP contribution in [0.25, 0.3) is 10.9 Å². The number of aromatic nitrogens is 1. The van der Waals surface area contributed by atoms with Crippen molar-refractivity contribution >= 4 is 36.7 Å². The number of nitrogens with zero attached hydrogens (tertiary/aromatic N) is 2.